The fraction of sp³-hybridized carbons (Fsp3) is 0.524. The molecule has 0 saturated carbocycles. The minimum Gasteiger partial charge on any atom is -0.497 e. The Morgan fingerprint density at radius 2 is 1.93 bits per heavy atom. The van der Waals surface area contributed by atoms with E-state index in [1.54, 1.807) is 31.4 Å². The predicted octanol–water partition coefficient (Wildman–Crippen LogP) is 1.84. The summed E-state index contributed by atoms with van der Waals surface area (Å²) in [5.74, 6) is 0.735. The summed E-state index contributed by atoms with van der Waals surface area (Å²) in [7, 11) is 3.49. The van der Waals surface area contributed by atoms with Crippen LogP contribution in [0.2, 0.25) is 0 Å². The Morgan fingerprint density at radius 3 is 2.52 bits per heavy atom. The summed E-state index contributed by atoms with van der Waals surface area (Å²) in [5.41, 5.74) is 1.88. The van der Waals surface area contributed by atoms with E-state index in [2.05, 4.69) is 18.3 Å². The fourth-order valence-corrected chi connectivity index (χ4v) is 3.29. The van der Waals surface area contributed by atoms with Crippen LogP contribution in [0.4, 0.5) is 5.69 Å². The zero-order valence-electron chi connectivity index (χ0n) is 16.7. The normalized spacial score (nSPS) is 14.9. The first-order valence-corrected chi connectivity index (χ1v) is 9.78. The second kappa shape index (κ2) is 10.7. The summed E-state index contributed by atoms with van der Waals surface area (Å²) < 4.78 is 5.11. The van der Waals surface area contributed by atoms with E-state index in [-0.39, 0.29) is 18.4 Å². The quantitative estimate of drug-likeness (QED) is 0.693. The highest BCUT2D eigenvalue weighted by molar-refractivity contribution is 5.91. The number of carbonyl (C=O) groups excluding carboxylic acids is 2. The number of nitrogens with one attached hydrogen (secondary N) is 2. The Kier molecular flexibility index (Phi) is 8.33. The topological polar surface area (TPSA) is 63.1 Å². The molecule has 1 aromatic rings. The fourth-order valence-electron chi connectivity index (χ4n) is 3.29. The van der Waals surface area contributed by atoms with Gasteiger partial charge < -0.3 is 19.9 Å². The van der Waals surface area contributed by atoms with Gasteiger partial charge in [0.2, 0.25) is 0 Å². The van der Waals surface area contributed by atoms with E-state index in [0.717, 1.165) is 54.3 Å². The molecule has 1 unspecified atom stereocenters. The Hall–Kier alpha value is -2.34. The molecule has 0 heterocycles. The lowest BCUT2D eigenvalue weighted by Gasteiger charge is -2.28. The third-order valence-electron chi connectivity index (χ3n) is 4.65. The third kappa shape index (κ3) is 6.71. The smallest absolute Gasteiger partial charge is 0.281 e. The number of likely N-dealkylation sites (N-methyl/N-ethyl adjacent to an activating group) is 1. The highest BCUT2D eigenvalue weighted by Gasteiger charge is 2.22. The van der Waals surface area contributed by atoms with Crippen LogP contribution in [0.15, 0.2) is 36.0 Å². The standard InChI is InChI=1S/C21H31N3O3/c1-4-14-24(18-8-6-5-7-9-18)21(26)16-23(2)15-20(25)22-17-10-12-19(27-3)13-11-17/h8,10-13H,4-7,9,14-16H2,1-3H3,(H,22,25)/p+1. The van der Waals surface area contributed by atoms with Gasteiger partial charge in [0.1, 0.15) is 5.75 Å². The molecule has 0 saturated heterocycles. The van der Waals surface area contributed by atoms with Crippen molar-refractivity contribution >= 4 is 17.5 Å². The van der Waals surface area contributed by atoms with Crippen molar-refractivity contribution in [1.29, 1.82) is 0 Å². The zero-order valence-corrected chi connectivity index (χ0v) is 16.7. The number of ether oxygens (including phenoxy) is 1. The van der Waals surface area contributed by atoms with Crippen molar-refractivity contribution < 1.29 is 19.2 Å². The minimum atomic E-state index is -0.107. The van der Waals surface area contributed by atoms with E-state index in [1.807, 2.05) is 11.9 Å². The highest BCUT2D eigenvalue weighted by atomic mass is 16.5. The lowest BCUT2D eigenvalue weighted by molar-refractivity contribution is -0.862. The van der Waals surface area contributed by atoms with Crippen LogP contribution in [0.25, 0.3) is 0 Å². The predicted molar refractivity (Wildman–Crippen MR) is 107 cm³/mol. The molecule has 0 aromatic heterocycles. The summed E-state index contributed by atoms with van der Waals surface area (Å²) in [6, 6.07) is 7.21. The summed E-state index contributed by atoms with van der Waals surface area (Å²) in [6.45, 7) is 3.39. The van der Waals surface area contributed by atoms with E-state index in [1.165, 1.54) is 6.42 Å². The first-order valence-electron chi connectivity index (χ1n) is 9.78. The molecule has 6 heteroatoms. The van der Waals surface area contributed by atoms with Crippen LogP contribution >= 0.6 is 0 Å². The molecule has 27 heavy (non-hydrogen) atoms. The van der Waals surface area contributed by atoms with E-state index >= 15 is 0 Å². The van der Waals surface area contributed by atoms with Crippen molar-refractivity contribution in [1.82, 2.24) is 4.90 Å². The van der Waals surface area contributed by atoms with E-state index < -0.39 is 0 Å². The Morgan fingerprint density at radius 1 is 1.19 bits per heavy atom. The van der Waals surface area contributed by atoms with Crippen LogP contribution in [0, 0.1) is 0 Å². The number of hydrogen-bond donors (Lipinski definition) is 2. The molecule has 6 nitrogen and oxygen atoms in total. The number of amides is 2. The minimum absolute atomic E-state index is 0.0970. The Balaban J connectivity index is 1.86. The average molecular weight is 375 g/mol. The molecule has 148 valence electrons. The van der Waals surface area contributed by atoms with Gasteiger partial charge in [-0.2, -0.15) is 0 Å². The van der Waals surface area contributed by atoms with Gasteiger partial charge in [0.25, 0.3) is 11.8 Å². The molecular weight excluding hydrogens is 342 g/mol. The van der Waals surface area contributed by atoms with Crippen LogP contribution in [0.3, 0.4) is 0 Å². The van der Waals surface area contributed by atoms with Gasteiger partial charge in [0.05, 0.1) is 14.2 Å². The number of carbonyl (C=O) groups is 2. The van der Waals surface area contributed by atoms with Crippen LogP contribution in [0.1, 0.15) is 39.0 Å². The van der Waals surface area contributed by atoms with Crippen molar-refractivity contribution in [2.24, 2.45) is 0 Å². The lowest BCUT2D eigenvalue weighted by atomic mass is 10.0. The lowest BCUT2D eigenvalue weighted by Crippen LogP contribution is -3.11. The van der Waals surface area contributed by atoms with Gasteiger partial charge in [0.15, 0.2) is 13.1 Å². The molecule has 2 N–H and O–H groups in total. The molecular formula is C21H32N3O3+. The third-order valence-corrected chi connectivity index (χ3v) is 4.65. The van der Waals surface area contributed by atoms with E-state index in [9.17, 15) is 9.59 Å². The summed E-state index contributed by atoms with van der Waals surface area (Å²) >= 11 is 0. The van der Waals surface area contributed by atoms with Crippen LogP contribution in [0.5, 0.6) is 5.75 Å². The second-order valence-electron chi connectivity index (χ2n) is 7.07. The Labute approximate surface area is 162 Å². The van der Waals surface area contributed by atoms with Gasteiger partial charge >= 0.3 is 0 Å². The van der Waals surface area contributed by atoms with Crippen molar-refractivity contribution in [3.63, 3.8) is 0 Å². The molecule has 1 aliphatic rings. The van der Waals surface area contributed by atoms with Crippen LogP contribution in [-0.4, -0.2) is 50.5 Å². The number of quaternary nitrogens is 1. The van der Waals surface area contributed by atoms with Gasteiger partial charge in [-0.1, -0.05) is 13.0 Å². The molecule has 2 rings (SSSR count). The van der Waals surface area contributed by atoms with Crippen LogP contribution in [-0.2, 0) is 9.59 Å². The Bertz CT molecular complexity index is 655. The van der Waals surface area contributed by atoms with Crippen LogP contribution < -0.4 is 15.0 Å². The molecule has 0 bridgehead atoms. The van der Waals surface area contributed by atoms with E-state index in [4.69, 9.17) is 4.74 Å². The van der Waals surface area contributed by atoms with Gasteiger partial charge in [0, 0.05) is 17.9 Å². The molecule has 2 amide bonds. The molecule has 1 aliphatic carbocycles. The van der Waals surface area contributed by atoms with Gasteiger partial charge in [-0.25, -0.2) is 0 Å². The maximum Gasteiger partial charge on any atom is 0.281 e. The molecule has 0 aliphatic heterocycles. The SMILES string of the molecule is CCCN(C(=O)C[NH+](C)CC(=O)Nc1ccc(OC)cc1)C1=CCCCC1. The number of nitrogens with zero attached hydrogens (tertiary/aromatic N) is 1. The molecule has 0 radical (unpaired) electrons. The van der Waals surface area contributed by atoms with E-state index in [0.29, 0.717) is 6.54 Å². The van der Waals surface area contributed by atoms with Crippen molar-refractivity contribution in [3.05, 3.63) is 36.0 Å². The first kappa shape index (κ1) is 21.0. The van der Waals surface area contributed by atoms with Gasteiger partial charge in [-0.15, -0.1) is 0 Å². The number of hydrogen-bond acceptors (Lipinski definition) is 3. The average Bonchev–Trinajstić information content (AvgIpc) is 2.67. The largest absolute Gasteiger partial charge is 0.497 e. The number of rotatable bonds is 9. The summed E-state index contributed by atoms with van der Waals surface area (Å²) in [4.78, 5) is 27.8. The monoisotopic (exact) mass is 374 g/mol. The zero-order chi connectivity index (χ0) is 19.6. The first-order chi connectivity index (χ1) is 13.0. The van der Waals surface area contributed by atoms with Crippen molar-refractivity contribution in [2.75, 3.05) is 39.1 Å². The summed E-state index contributed by atoms with van der Waals surface area (Å²) in [5, 5.41) is 2.86. The van der Waals surface area contributed by atoms with Crippen molar-refractivity contribution in [2.45, 2.75) is 39.0 Å². The highest BCUT2D eigenvalue weighted by Crippen LogP contribution is 2.21. The molecule has 1 aromatic carbocycles. The maximum absolute atomic E-state index is 12.8. The number of anilines is 1. The number of methoxy groups -OCH3 is 1. The molecule has 1 atom stereocenters. The number of benzene rings is 1. The number of allylic oxidation sites excluding steroid dienone is 2. The maximum atomic E-state index is 12.8. The summed E-state index contributed by atoms with van der Waals surface area (Å²) in [6.07, 6.45) is 7.50. The van der Waals surface area contributed by atoms with Gasteiger partial charge in [-0.3, -0.25) is 9.59 Å². The molecule has 0 spiro atoms. The second-order valence-corrected chi connectivity index (χ2v) is 7.07. The molecule has 0 fully saturated rings. The van der Waals surface area contributed by atoms with Crippen molar-refractivity contribution in [3.8, 4) is 5.75 Å². The van der Waals surface area contributed by atoms with Gasteiger partial charge in [-0.05, 0) is 56.4 Å².